The van der Waals surface area contributed by atoms with Crippen molar-refractivity contribution < 1.29 is 19.1 Å². The number of benzene rings is 2. The largest absolute Gasteiger partial charge is 0.443 e. The SMILES string of the molecule is Cc1cc(N(CCCCCCN2C(=O)c3ccccc3C2=O)C(=O)OC(C)(C)C)c2ccccc2n1. The van der Waals surface area contributed by atoms with Gasteiger partial charge in [-0.2, -0.15) is 0 Å². The van der Waals surface area contributed by atoms with Gasteiger partial charge in [0.05, 0.1) is 22.3 Å². The lowest BCUT2D eigenvalue weighted by atomic mass is 10.1. The quantitative estimate of drug-likeness (QED) is 0.282. The van der Waals surface area contributed by atoms with Gasteiger partial charge in [-0.1, -0.05) is 43.2 Å². The van der Waals surface area contributed by atoms with Crippen LogP contribution in [-0.4, -0.2) is 46.5 Å². The second-order valence-electron chi connectivity index (χ2n) is 10.2. The number of aromatic nitrogens is 1. The van der Waals surface area contributed by atoms with Gasteiger partial charge in [-0.3, -0.25) is 24.4 Å². The predicted molar refractivity (Wildman–Crippen MR) is 140 cm³/mol. The molecule has 0 spiro atoms. The molecule has 0 aliphatic carbocycles. The molecule has 4 rings (SSSR count). The van der Waals surface area contributed by atoms with E-state index in [0.29, 0.717) is 24.2 Å². The Bertz CT molecular complexity index is 1260. The second kappa shape index (κ2) is 10.5. The highest BCUT2D eigenvalue weighted by Gasteiger charge is 2.34. The number of hydrogen-bond acceptors (Lipinski definition) is 5. The molecule has 7 heteroatoms. The zero-order valence-electron chi connectivity index (χ0n) is 21.4. The average molecular weight is 488 g/mol. The lowest BCUT2D eigenvalue weighted by Gasteiger charge is -2.28. The van der Waals surface area contributed by atoms with Crippen molar-refractivity contribution in [2.45, 2.75) is 59.0 Å². The van der Waals surface area contributed by atoms with Crippen molar-refractivity contribution in [3.8, 4) is 0 Å². The number of para-hydroxylation sites is 1. The van der Waals surface area contributed by atoms with Crippen LogP contribution in [0, 0.1) is 6.92 Å². The summed E-state index contributed by atoms with van der Waals surface area (Å²) < 4.78 is 5.73. The maximum atomic E-state index is 13.2. The Labute approximate surface area is 212 Å². The first-order valence-electron chi connectivity index (χ1n) is 12.5. The molecule has 0 radical (unpaired) electrons. The van der Waals surface area contributed by atoms with Crippen LogP contribution >= 0.6 is 0 Å². The van der Waals surface area contributed by atoms with Crippen molar-refractivity contribution >= 4 is 34.5 Å². The number of rotatable bonds is 8. The van der Waals surface area contributed by atoms with E-state index in [9.17, 15) is 14.4 Å². The summed E-state index contributed by atoms with van der Waals surface area (Å²) in [6.45, 7) is 8.39. The van der Waals surface area contributed by atoms with Crippen molar-refractivity contribution in [3.63, 3.8) is 0 Å². The third-order valence-electron chi connectivity index (χ3n) is 6.12. The van der Waals surface area contributed by atoms with Gasteiger partial charge >= 0.3 is 6.09 Å². The molecular formula is C29H33N3O4. The normalized spacial score (nSPS) is 13.3. The number of carbonyl (C=O) groups is 3. The first kappa shape index (κ1) is 25.4. The van der Waals surface area contributed by atoms with E-state index in [1.54, 1.807) is 29.2 Å². The van der Waals surface area contributed by atoms with Crippen molar-refractivity contribution in [2.24, 2.45) is 0 Å². The highest BCUT2D eigenvalue weighted by Crippen LogP contribution is 2.29. The molecule has 0 saturated carbocycles. The molecule has 0 N–H and O–H groups in total. The lowest BCUT2D eigenvalue weighted by molar-refractivity contribution is 0.0576. The average Bonchev–Trinajstić information content (AvgIpc) is 3.07. The van der Waals surface area contributed by atoms with Crippen LogP contribution in [-0.2, 0) is 4.74 Å². The van der Waals surface area contributed by atoms with E-state index < -0.39 is 5.60 Å². The number of unbranched alkanes of at least 4 members (excludes halogenated alkanes) is 3. The van der Waals surface area contributed by atoms with Crippen LogP contribution in [0.25, 0.3) is 10.9 Å². The molecule has 0 unspecified atom stereocenters. The van der Waals surface area contributed by atoms with Gasteiger partial charge in [-0.15, -0.1) is 0 Å². The third kappa shape index (κ3) is 5.56. The van der Waals surface area contributed by atoms with E-state index in [-0.39, 0.29) is 17.9 Å². The van der Waals surface area contributed by atoms with Crippen LogP contribution in [0.2, 0.25) is 0 Å². The van der Waals surface area contributed by atoms with Gasteiger partial charge in [-0.25, -0.2) is 4.79 Å². The Morgan fingerprint density at radius 3 is 2.19 bits per heavy atom. The van der Waals surface area contributed by atoms with Gasteiger partial charge in [0.25, 0.3) is 11.8 Å². The summed E-state index contributed by atoms with van der Waals surface area (Å²) in [5, 5.41) is 0.902. The van der Waals surface area contributed by atoms with Crippen LogP contribution in [0.15, 0.2) is 54.6 Å². The van der Waals surface area contributed by atoms with E-state index in [4.69, 9.17) is 4.74 Å². The molecule has 1 aliphatic rings. The number of ether oxygens (including phenoxy) is 1. The number of carbonyl (C=O) groups excluding carboxylic acids is 3. The molecule has 2 heterocycles. The minimum absolute atomic E-state index is 0.216. The number of hydrogen-bond donors (Lipinski definition) is 0. The first-order valence-corrected chi connectivity index (χ1v) is 12.5. The Morgan fingerprint density at radius 2 is 1.53 bits per heavy atom. The summed E-state index contributed by atoms with van der Waals surface area (Å²) in [4.78, 5) is 45.9. The molecule has 7 nitrogen and oxygen atoms in total. The number of pyridine rings is 1. The van der Waals surface area contributed by atoms with Gasteiger partial charge < -0.3 is 4.74 Å². The molecule has 0 bridgehead atoms. The Kier molecular flexibility index (Phi) is 7.38. The van der Waals surface area contributed by atoms with Crippen LogP contribution < -0.4 is 4.90 Å². The molecule has 2 aromatic carbocycles. The fourth-order valence-electron chi connectivity index (χ4n) is 4.47. The van der Waals surface area contributed by atoms with E-state index in [2.05, 4.69) is 4.98 Å². The van der Waals surface area contributed by atoms with Gasteiger partial charge in [0.2, 0.25) is 0 Å². The molecule has 1 aliphatic heterocycles. The van der Waals surface area contributed by atoms with E-state index in [1.807, 2.05) is 58.0 Å². The molecule has 188 valence electrons. The minimum Gasteiger partial charge on any atom is -0.443 e. The lowest BCUT2D eigenvalue weighted by Crippen LogP contribution is -2.37. The topological polar surface area (TPSA) is 79.8 Å². The van der Waals surface area contributed by atoms with Crippen LogP contribution in [0.1, 0.15) is 72.9 Å². The summed E-state index contributed by atoms with van der Waals surface area (Å²) in [6, 6.07) is 16.7. The zero-order valence-corrected chi connectivity index (χ0v) is 21.4. The molecule has 3 aromatic rings. The number of fused-ring (bicyclic) bond motifs is 2. The van der Waals surface area contributed by atoms with Crippen molar-refractivity contribution in [2.75, 3.05) is 18.0 Å². The summed E-state index contributed by atoms with van der Waals surface area (Å²) in [6.07, 6.45) is 2.78. The van der Waals surface area contributed by atoms with Gasteiger partial charge in [0.15, 0.2) is 0 Å². The summed E-state index contributed by atoms with van der Waals surface area (Å²) in [5.41, 5.74) is 2.81. The number of aryl methyl sites for hydroxylation is 1. The maximum Gasteiger partial charge on any atom is 0.414 e. The smallest absolute Gasteiger partial charge is 0.414 e. The van der Waals surface area contributed by atoms with E-state index >= 15 is 0 Å². The fourth-order valence-corrected chi connectivity index (χ4v) is 4.47. The number of imide groups is 1. The van der Waals surface area contributed by atoms with Gasteiger partial charge in [-0.05, 0) is 64.8 Å². The van der Waals surface area contributed by atoms with E-state index in [0.717, 1.165) is 48.0 Å². The van der Waals surface area contributed by atoms with Crippen LogP contribution in [0.4, 0.5) is 10.5 Å². The van der Waals surface area contributed by atoms with Gasteiger partial charge in [0, 0.05) is 24.2 Å². The van der Waals surface area contributed by atoms with Crippen LogP contribution in [0.3, 0.4) is 0 Å². The standard InChI is InChI=1S/C29H33N3O4/c1-20-19-25(23-15-9-10-16-24(23)30-20)31(28(35)36-29(2,3)4)17-11-5-6-12-18-32-26(33)21-13-7-8-14-22(21)27(32)34/h7-10,13-16,19H,5-6,11-12,17-18H2,1-4H3. The van der Waals surface area contributed by atoms with E-state index in [1.165, 1.54) is 4.90 Å². The zero-order chi connectivity index (χ0) is 25.9. The Balaban J connectivity index is 1.38. The summed E-state index contributed by atoms with van der Waals surface area (Å²) in [7, 11) is 0. The van der Waals surface area contributed by atoms with Gasteiger partial charge in [0.1, 0.15) is 5.60 Å². The Hall–Kier alpha value is -3.74. The van der Waals surface area contributed by atoms with Crippen molar-refractivity contribution in [1.82, 2.24) is 9.88 Å². The molecular weight excluding hydrogens is 454 g/mol. The van der Waals surface area contributed by atoms with Crippen molar-refractivity contribution in [3.05, 3.63) is 71.4 Å². The summed E-state index contributed by atoms with van der Waals surface area (Å²) in [5.74, 6) is -0.432. The maximum absolute atomic E-state index is 13.2. The van der Waals surface area contributed by atoms with Crippen molar-refractivity contribution in [1.29, 1.82) is 0 Å². The number of amides is 3. The second-order valence-corrected chi connectivity index (χ2v) is 10.2. The molecule has 36 heavy (non-hydrogen) atoms. The first-order chi connectivity index (χ1) is 17.2. The molecule has 0 fully saturated rings. The summed E-state index contributed by atoms with van der Waals surface area (Å²) >= 11 is 0. The minimum atomic E-state index is -0.612. The molecule has 0 saturated heterocycles. The predicted octanol–water partition coefficient (Wildman–Crippen LogP) is 6.14. The fraction of sp³-hybridized carbons (Fsp3) is 0.379. The molecule has 3 amide bonds. The number of nitrogens with zero attached hydrogens (tertiary/aromatic N) is 3. The highest BCUT2D eigenvalue weighted by molar-refractivity contribution is 6.21. The molecule has 0 atom stereocenters. The van der Waals surface area contributed by atoms with Crippen LogP contribution in [0.5, 0.6) is 0 Å². The third-order valence-corrected chi connectivity index (χ3v) is 6.12. The molecule has 1 aromatic heterocycles. The highest BCUT2D eigenvalue weighted by atomic mass is 16.6. The monoisotopic (exact) mass is 487 g/mol. The number of anilines is 1. The Morgan fingerprint density at radius 1 is 0.917 bits per heavy atom.